The lowest BCUT2D eigenvalue weighted by Crippen LogP contribution is -2.24. The molecule has 0 saturated heterocycles. The molecule has 0 radical (unpaired) electrons. The average Bonchev–Trinajstić information content (AvgIpc) is 2.27. The highest BCUT2D eigenvalue weighted by Gasteiger charge is 1.99. The van der Waals surface area contributed by atoms with E-state index in [9.17, 15) is 4.79 Å². The summed E-state index contributed by atoms with van der Waals surface area (Å²) in [5.74, 6) is 0.706. The van der Waals surface area contributed by atoms with Crippen molar-refractivity contribution in [3.05, 3.63) is 29.8 Å². The third-order valence-corrected chi connectivity index (χ3v) is 1.96. The van der Waals surface area contributed by atoms with Gasteiger partial charge in [0, 0.05) is 10.9 Å². The van der Waals surface area contributed by atoms with Crippen molar-refractivity contribution in [2.24, 2.45) is 10.8 Å². The molecule has 0 atom stereocenters. The molecule has 5 nitrogen and oxygen atoms in total. The zero-order chi connectivity index (χ0) is 11.8. The Balaban J connectivity index is 2.70. The number of ether oxygens (including phenoxy) is 1. The number of hydrogen-bond donors (Lipinski definition) is 2. The number of hydrogen-bond acceptors (Lipinski definition) is 3. The molecule has 1 rings (SSSR count). The number of alkyl halides is 1. The number of urea groups is 1. The molecule has 2 amide bonds. The van der Waals surface area contributed by atoms with Crippen molar-refractivity contribution in [2.45, 2.75) is 0 Å². The quantitative estimate of drug-likeness (QED) is 0.488. The minimum absolute atomic E-state index is 0.564. The van der Waals surface area contributed by atoms with Gasteiger partial charge in [-0.15, -0.1) is 0 Å². The molecule has 0 spiro atoms. The Bertz CT molecular complexity index is 382. The Kier molecular flexibility index (Phi) is 5.35. The van der Waals surface area contributed by atoms with Gasteiger partial charge >= 0.3 is 6.03 Å². The lowest BCUT2D eigenvalue weighted by molar-refractivity contribution is 0.249. The standard InChI is InChI=1S/C10H12BrN3O2/c11-5-6-16-9-4-2-1-3-8(9)7-13-14-10(12)15/h1-4,7H,5-6H2,(H3,12,14,15). The molecule has 0 aliphatic carbocycles. The van der Waals surface area contributed by atoms with Crippen LogP contribution < -0.4 is 15.9 Å². The molecule has 16 heavy (non-hydrogen) atoms. The molecule has 0 saturated carbocycles. The highest BCUT2D eigenvalue weighted by atomic mass is 79.9. The molecular weight excluding hydrogens is 274 g/mol. The van der Waals surface area contributed by atoms with Gasteiger partial charge in [-0.05, 0) is 12.1 Å². The molecule has 1 aromatic carbocycles. The summed E-state index contributed by atoms with van der Waals surface area (Å²) in [6, 6.07) is 6.68. The van der Waals surface area contributed by atoms with Crippen molar-refractivity contribution in [3.63, 3.8) is 0 Å². The van der Waals surface area contributed by atoms with Gasteiger partial charge in [0.05, 0.1) is 12.8 Å². The van der Waals surface area contributed by atoms with Crippen LogP contribution in [0.15, 0.2) is 29.4 Å². The van der Waals surface area contributed by atoms with Gasteiger partial charge in [0.2, 0.25) is 0 Å². The number of hydrazone groups is 1. The normalized spacial score (nSPS) is 10.3. The third kappa shape index (κ3) is 4.31. The van der Waals surface area contributed by atoms with E-state index in [4.69, 9.17) is 10.5 Å². The predicted molar refractivity (Wildman–Crippen MR) is 66.0 cm³/mol. The van der Waals surface area contributed by atoms with E-state index in [1.807, 2.05) is 24.3 Å². The van der Waals surface area contributed by atoms with E-state index in [1.165, 1.54) is 6.21 Å². The summed E-state index contributed by atoms with van der Waals surface area (Å²) in [6.07, 6.45) is 1.48. The smallest absolute Gasteiger partial charge is 0.332 e. The van der Waals surface area contributed by atoms with E-state index in [1.54, 1.807) is 0 Å². The summed E-state index contributed by atoms with van der Waals surface area (Å²) in [5, 5.41) is 4.42. The fourth-order valence-corrected chi connectivity index (χ4v) is 1.19. The van der Waals surface area contributed by atoms with E-state index in [-0.39, 0.29) is 0 Å². The van der Waals surface area contributed by atoms with Crippen molar-refractivity contribution in [3.8, 4) is 5.75 Å². The minimum Gasteiger partial charge on any atom is -0.492 e. The zero-order valence-corrected chi connectivity index (χ0v) is 10.1. The summed E-state index contributed by atoms with van der Waals surface area (Å²) in [4.78, 5) is 10.4. The van der Waals surface area contributed by atoms with Gasteiger partial charge < -0.3 is 10.5 Å². The van der Waals surface area contributed by atoms with Crippen LogP contribution in [0.5, 0.6) is 5.75 Å². The van der Waals surface area contributed by atoms with Crippen LogP contribution in [0.1, 0.15) is 5.56 Å². The maximum Gasteiger partial charge on any atom is 0.332 e. The number of primary amides is 1. The fraction of sp³-hybridized carbons (Fsp3) is 0.200. The summed E-state index contributed by atoms with van der Waals surface area (Å²) < 4.78 is 5.46. The van der Waals surface area contributed by atoms with Gasteiger partial charge in [0.15, 0.2) is 0 Å². The predicted octanol–water partition coefficient (Wildman–Crippen LogP) is 1.46. The maximum absolute atomic E-state index is 10.4. The molecule has 0 aliphatic rings. The molecule has 3 N–H and O–H groups in total. The van der Waals surface area contributed by atoms with Gasteiger partial charge in [0.1, 0.15) is 5.75 Å². The number of nitrogens with zero attached hydrogens (tertiary/aromatic N) is 1. The Labute approximate surface area is 102 Å². The first-order chi connectivity index (χ1) is 7.74. The summed E-state index contributed by atoms with van der Waals surface area (Å²) in [5.41, 5.74) is 7.77. The Morgan fingerprint density at radius 3 is 3.00 bits per heavy atom. The van der Waals surface area contributed by atoms with Crippen LogP contribution in [-0.2, 0) is 0 Å². The zero-order valence-electron chi connectivity index (χ0n) is 8.52. The summed E-state index contributed by atoms with van der Waals surface area (Å²) in [6.45, 7) is 0.564. The lowest BCUT2D eigenvalue weighted by atomic mass is 10.2. The monoisotopic (exact) mass is 285 g/mol. The number of carbonyl (C=O) groups is 1. The van der Waals surface area contributed by atoms with E-state index in [0.717, 1.165) is 10.9 Å². The molecule has 1 aromatic rings. The van der Waals surface area contributed by atoms with Crippen molar-refractivity contribution >= 4 is 28.2 Å². The minimum atomic E-state index is -0.699. The van der Waals surface area contributed by atoms with Crippen molar-refractivity contribution in [1.29, 1.82) is 0 Å². The van der Waals surface area contributed by atoms with Crippen LogP contribution in [0.4, 0.5) is 4.79 Å². The van der Waals surface area contributed by atoms with Crippen molar-refractivity contribution in [1.82, 2.24) is 5.43 Å². The molecule has 86 valence electrons. The average molecular weight is 286 g/mol. The molecule has 0 heterocycles. The number of para-hydroxylation sites is 1. The highest BCUT2D eigenvalue weighted by molar-refractivity contribution is 9.09. The van der Waals surface area contributed by atoms with Gasteiger partial charge in [-0.25, -0.2) is 10.2 Å². The van der Waals surface area contributed by atoms with Gasteiger partial charge in [-0.3, -0.25) is 0 Å². The number of benzene rings is 1. The van der Waals surface area contributed by atoms with Crippen LogP contribution in [0, 0.1) is 0 Å². The van der Waals surface area contributed by atoms with Crippen LogP contribution in [0.25, 0.3) is 0 Å². The second-order valence-corrected chi connectivity index (χ2v) is 3.60. The van der Waals surface area contributed by atoms with Crippen LogP contribution in [0.3, 0.4) is 0 Å². The van der Waals surface area contributed by atoms with E-state index >= 15 is 0 Å². The molecule has 0 unspecified atom stereocenters. The first-order valence-corrected chi connectivity index (χ1v) is 5.72. The number of halogens is 1. The van der Waals surface area contributed by atoms with E-state index in [2.05, 4.69) is 26.5 Å². The molecular formula is C10H12BrN3O2. The Morgan fingerprint density at radius 2 is 2.31 bits per heavy atom. The molecule has 6 heteroatoms. The van der Waals surface area contributed by atoms with E-state index < -0.39 is 6.03 Å². The number of amides is 2. The van der Waals surface area contributed by atoms with Crippen molar-refractivity contribution in [2.75, 3.05) is 11.9 Å². The van der Waals surface area contributed by atoms with Crippen LogP contribution in [-0.4, -0.2) is 24.2 Å². The van der Waals surface area contributed by atoms with Gasteiger partial charge in [-0.2, -0.15) is 5.10 Å². The Morgan fingerprint density at radius 1 is 1.56 bits per heavy atom. The topological polar surface area (TPSA) is 76.7 Å². The third-order valence-electron chi connectivity index (χ3n) is 1.63. The van der Waals surface area contributed by atoms with Crippen LogP contribution >= 0.6 is 15.9 Å². The first kappa shape index (κ1) is 12.5. The van der Waals surface area contributed by atoms with E-state index in [0.29, 0.717) is 12.4 Å². The maximum atomic E-state index is 10.4. The van der Waals surface area contributed by atoms with Crippen LogP contribution in [0.2, 0.25) is 0 Å². The molecule has 0 fully saturated rings. The number of rotatable bonds is 5. The van der Waals surface area contributed by atoms with Gasteiger partial charge in [0.25, 0.3) is 0 Å². The molecule has 0 aliphatic heterocycles. The largest absolute Gasteiger partial charge is 0.492 e. The number of nitrogens with two attached hydrogens (primary N) is 1. The fourth-order valence-electron chi connectivity index (χ4n) is 1.03. The van der Waals surface area contributed by atoms with Crippen molar-refractivity contribution < 1.29 is 9.53 Å². The lowest BCUT2D eigenvalue weighted by Gasteiger charge is -2.06. The second-order valence-electron chi connectivity index (χ2n) is 2.81. The number of carbonyl (C=O) groups excluding carboxylic acids is 1. The SMILES string of the molecule is NC(=O)NN=Cc1ccccc1OCCBr. The number of nitrogens with one attached hydrogen (secondary N) is 1. The first-order valence-electron chi connectivity index (χ1n) is 4.60. The van der Waals surface area contributed by atoms with Gasteiger partial charge in [-0.1, -0.05) is 28.1 Å². The highest BCUT2D eigenvalue weighted by Crippen LogP contribution is 2.15. The second kappa shape index (κ2) is 6.84. The summed E-state index contributed by atoms with van der Waals surface area (Å²) in [7, 11) is 0. The molecule has 0 bridgehead atoms. The Hall–Kier alpha value is -1.56. The molecule has 0 aromatic heterocycles. The summed E-state index contributed by atoms with van der Waals surface area (Å²) >= 11 is 3.27.